The van der Waals surface area contributed by atoms with Gasteiger partial charge in [-0.3, -0.25) is 13.9 Å². The lowest BCUT2D eigenvalue weighted by molar-refractivity contribution is -0.139. The molecule has 3 aromatic carbocycles. The summed E-state index contributed by atoms with van der Waals surface area (Å²) in [4.78, 5) is 28.7. The first-order valence-corrected chi connectivity index (χ1v) is 15.7. The van der Waals surface area contributed by atoms with Gasteiger partial charge in [-0.25, -0.2) is 8.42 Å². The number of nitrogens with one attached hydrogen (secondary N) is 1. The quantitative estimate of drug-likeness (QED) is 0.260. The van der Waals surface area contributed by atoms with Gasteiger partial charge in [-0.2, -0.15) is 0 Å². The second kappa shape index (κ2) is 14.2. The first-order valence-electron chi connectivity index (χ1n) is 13.5. The summed E-state index contributed by atoms with van der Waals surface area (Å²) in [6.45, 7) is 9.15. The van der Waals surface area contributed by atoms with Crippen LogP contribution in [-0.4, -0.2) is 44.3 Å². The van der Waals surface area contributed by atoms with Crippen LogP contribution in [0.5, 0.6) is 0 Å². The highest BCUT2D eigenvalue weighted by atomic mass is 35.5. The van der Waals surface area contributed by atoms with Crippen LogP contribution in [0.1, 0.15) is 44.4 Å². The average molecular weight is 619 g/mol. The van der Waals surface area contributed by atoms with E-state index in [1.807, 2.05) is 39.8 Å². The number of amides is 2. The summed E-state index contributed by atoms with van der Waals surface area (Å²) in [5.74, 6) is -0.735. The van der Waals surface area contributed by atoms with Crippen LogP contribution in [0.25, 0.3) is 0 Å². The van der Waals surface area contributed by atoms with Crippen molar-refractivity contribution in [1.29, 1.82) is 0 Å². The van der Waals surface area contributed by atoms with Gasteiger partial charge in [0.2, 0.25) is 11.8 Å². The Kier molecular flexibility index (Phi) is 11.2. The standard InChI is InChI=1S/C31H37Cl2N3O4S/c1-6-24-10-7-8-13-29(24)36(41(39,40)25-16-14-22(4)15-17-25)20-30(37)35(23(5)31(38)34-18-21(2)3)19-26-27(32)11-9-12-28(26)33/h7-17,21,23H,6,18-20H2,1-5H3,(H,34,38). The molecule has 1 atom stereocenters. The van der Waals surface area contributed by atoms with Crippen LogP contribution >= 0.6 is 23.2 Å². The molecular weight excluding hydrogens is 581 g/mol. The second-order valence-corrected chi connectivity index (χ2v) is 13.0. The molecule has 0 spiro atoms. The minimum atomic E-state index is -4.16. The predicted octanol–water partition coefficient (Wildman–Crippen LogP) is 6.25. The number of sulfonamides is 1. The fourth-order valence-electron chi connectivity index (χ4n) is 4.29. The number of aryl methyl sites for hydroxylation is 2. The highest BCUT2D eigenvalue weighted by Gasteiger charge is 2.33. The normalized spacial score (nSPS) is 12.2. The molecule has 0 aliphatic heterocycles. The van der Waals surface area contributed by atoms with E-state index in [1.165, 1.54) is 17.0 Å². The Morgan fingerprint density at radius 1 is 0.902 bits per heavy atom. The number of carbonyl (C=O) groups excluding carboxylic acids is 2. The number of benzene rings is 3. The molecule has 220 valence electrons. The van der Waals surface area contributed by atoms with Crippen LogP contribution in [0.3, 0.4) is 0 Å². The molecule has 3 rings (SSSR count). The van der Waals surface area contributed by atoms with E-state index in [4.69, 9.17) is 23.2 Å². The first-order chi connectivity index (χ1) is 19.4. The van der Waals surface area contributed by atoms with E-state index in [9.17, 15) is 18.0 Å². The highest BCUT2D eigenvalue weighted by molar-refractivity contribution is 7.92. The van der Waals surface area contributed by atoms with Crippen molar-refractivity contribution in [3.05, 3.63) is 93.5 Å². The molecule has 1 unspecified atom stereocenters. The number of rotatable bonds is 12. The summed E-state index contributed by atoms with van der Waals surface area (Å²) < 4.78 is 29.2. The summed E-state index contributed by atoms with van der Waals surface area (Å²) >= 11 is 12.9. The van der Waals surface area contributed by atoms with Gasteiger partial charge in [-0.1, -0.05) is 85.9 Å². The van der Waals surface area contributed by atoms with Crippen molar-refractivity contribution in [2.45, 2.75) is 58.5 Å². The van der Waals surface area contributed by atoms with Crippen LogP contribution in [0.15, 0.2) is 71.6 Å². The molecule has 10 heteroatoms. The Labute approximate surface area is 253 Å². The smallest absolute Gasteiger partial charge is 0.264 e. The maximum Gasteiger partial charge on any atom is 0.264 e. The monoisotopic (exact) mass is 617 g/mol. The molecule has 0 radical (unpaired) electrons. The summed E-state index contributed by atoms with van der Waals surface area (Å²) in [7, 11) is -4.16. The number of hydrogen-bond acceptors (Lipinski definition) is 4. The lowest BCUT2D eigenvalue weighted by Crippen LogP contribution is -2.51. The van der Waals surface area contributed by atoms with Crippen molar-refractivity contribution in [2.24, 2.45) is 5.92 Å². The number of anilines is 1. The van der Waals surface area contributed by atoms with Crippen LogP contribution in [0.4, 0.5) is 5.69 Å². The van der Waals surface area contributed by atoms with Gasteiger partial charge >= 0.3 is 0 Å². The number of hydrogen-bond donors (Lipinski definition) is 1. The zero-order chi connectivity index (χ0) is 30.3. The molecule has 0 aromatic heterocycles. The fourth-order valence-corrected chi connectivity index (χ4v) is 6.26. The second-order valence-electron chi connectivity index (χ2n) is 10.3. The molecule has 1 N–H and O–H groups in total. The summed E-state index contributed by atoms with van der Waals surface area (Å²) in [6.07, 6.45) is 0.553. The zero-order valence-electron chi connectivity index (χ0n) is 24.0. The minimum Gasteiger partial charge on any atom is -0.354 e. The van der Waals surface area contributed by atoms with Crippen LogP contribution in [0.2, 0.25) is 10.0 Å². The van der Waals surface area contributed by atoms with E-state index >= 15 is 0 Å². The molecule has 0 saturated carbocycles. The number of para-hydroxylation sites is 1. The third-order valence-electron chi connectivity index (χ3n) is 6.77. The SMILES string of the molecule is CCc1ccccc1N(CC(=O)N(Cc1c(Cl)cccc1Cl)C(C)C(=O)NCC(C)C)S(=O)(=O)c1ccc(C)cc1. The summed E-state index contributed by atoms with van der Waals surface area (Å²) in [6, 6.07) is 17.6. The largest absolute Gasteiger partial charge is 0.354 e. The van der Waals surface area contributed by atoms with E-state index in [2.05, 4.69) is 5.32 Å². The summed E-state index contributed by atoms with van der Waals surface area (Å²) in [5.41, 5.74) is 2.54. The lowest BCUT2D eigenvalue weighted by Gasteiger charge is -2.33. The molecule has 0 heterocycles. The average Bonchev–Trinajstić information content (AvgIpc) is 2.94. The Balaban J connectivity index is 2.09. The van der Waals surface area contributed by atoms with Gasteiger partial charge in [0.05, 0.1) is 10.6 Å². The number of carbonyl (C=O) groups is 2. The number of halogens is 2. The third-order valence-corrected chi connectivity index (χ3v) is 9.25. The molecule has 7 nitrogen and oxygen atoms in total. The van der Waals surface area contributed by atoms with Gasteiger partial charge in [-0.05, 0) is 62.1 Å². The minimum absolute atomic E-state index is 0.0604. The third kappa shape index (κ3) is 8.03. The molecule has 0 saturated heterocycles. The maximum absolute atomic E-state index is 14.1. The van der Waals surface area contributed by atoms with E-state index < -0.39 is 28.5 Å². The van der Waals surface area contributed by atoms with Gasteiger partial charge in [0, 0.05) is 28.7 Å². The highest BCUT2D eigenvalue weighted by Crippen LogP contribution is 2.30. The topological polar surface area (TPSA) is 86.8 Å². The Hall–Kier alpha value is -3.07. The van der Waals surface area contributed by atoms with E-state index in [0.717, 1.165) is 15.4 Å². The molecule has 0 aliphatic rings. The van der Waals surface area contributed by atoms with E-state index in [0.29, 0.717) is 34.3 Å². The van der Waals surface area contributed by atoms with Crippen molar-refractivity contribution in [2.75, 3.05) is 17.4 Å². The van der Waals surface area contributed by atoms with Gasteiger partial charge in [0.25, 0.3) is 10.0 Å². The van der Waals surface area contributed by atoms with Crippen LogP contribution in [0, 0.1) is 12.8 Å². The fraction of sp³-hybridized carbons (Fsp3) is 0.355. The Bertz CT molecular complexity index is 1460. The van der Waals surface area contributed by atoms with Crippen molar-refractivity contribution >= 4 is 50.7 Å². The summed E-state index contributed by atoms with van der Waals surface area (Å²) in [5, 5.41) is 3.54. The Morgan fingerprint density at radius 3 is 2.10 bits per heavy atom. The van der Waals surface area contributed by atoms with E-state index in [-0.39, 0.29) is 23.3 Å². The first kappa shape index (κ1) is 32.4. The molecule has 3 aromatic rings. The molecule has 0 fully saturated rings. The Morgan fingerprint density at radius 2 is 1.51 bits per heavy atom. The van der Waals surface area contributed by atoms with Crippen LogP contribution < -0.4 is 9.62 Å². The number of nitrogens with zero attached hydrogens (tertiary/aromatic N) is 2. The lowest BCUT2D eigenvalue weighted by atomic mass is 10.1. The molecule has 0 aliphatic carbocycles. The van der Waals surface area contributed by atoms with Crippen molar-refractivity contribution in [3.63, 3.8) is 0 Å². The molecule has 41 heavy (non-hydrogen) atoms. The maximum atomic E-state index is 14.1. The van der Waals surface area contributed by atoms with Crippen molar-refractivity contribution in [3.8, 4) is 0 Å². The molecular formula is C31H37Cl2N3O4S. The van der Waals surface area contributed by atoms with Gasteiger partial charge in [0.15, 0.2) is 0 Å². The molecule has 0 bridgehead atoms. The van der Waals surface area contributed by atoms with Crippen molar-refractivity contribution < 1.29 is 18.0 Å². The zero-order valence-corrected chi connectivity index (χ0v) is 26.4. The van der Waals surface area contributed by atoms with Gasteiger partial charge < -0.3 is 10.2 Å². The van der Waals surface area contributed by atoms with Crippen LogP contribution in [-0.2, 0) is 32.6 Å². The van der Waals surface area contributed by atoms with E-state index in [1.54, 1.807) is 49.4 Å². The van der Waals surface area contributed by atoms with Gasteiger partial charge in [-0.15, -0.1) is 0 Å². The molecule has 2 amide bonds. The van der Waals surface area contributed by atoms with Gasteiger partial charge in [0.1, 0.15) is 12.6 Å². The van der Waals surface area contributed by atoms with Crippen molar-refractivity contribution in [1.82, 2.24) is 10.2 Å². The predicted molar refractivity (Wildman–Crippen MR) is 166 cm³/mol.